The van der Waals surface area contributed by atoms with Gasteiger partial charge in [0.05, 0.1) is 36.0 Å². The lowest BCUT2D eigenvalue weighted by Crippen LogP contribution is -2.26. The van der Waals surface area contributed by atoms with Crippen LogP contribution in [0.3, 0.4) is 0 Å². The second kappa shape index (κ2) is 8.28. The van der Waals surface area contributed by atoms with Crippen molar-refractivity contribution in [2.75, 3.05) is 26.0 Å². The standard InChI is InChI=1S/C18H26N4O3S/c1-3-26(23,24)18-20-13-15(22(18)11-12-25-2)14-21-10-6-8-17(21)16-7-4-5-9-19-16/h4-5,7,9,13,17H,3,6,8,10-12,14H2,1-2H3/t17-/m0/s1. The number of hydrogen-bond donors (Lipinski definition) is 0. The Morgan fingerprint density at radius 2 is 2.15 bits per heavy atom. The molecule has 0 N–H and O–H groups in total. The van der Waals surface area contributed by atoms with Gasteiger partial charge in [-0.2, -0.15) is 0 Å². The van der Waals surface area contributed by atoms with Crippen molar-refractivity contribution in [1.29, 1.82) is 0 Å². The molecule has 0 unspecified atom stereocenters. The van der Waals surface area contributed by atoms with E-state index in [9.17, 15) is 8.42 Å². The third-order valence-corrected chi connectivity index (χ3v) is 6.48. The van der Waals surface area contributed by atoms with Gasteiger partial charge in [0.25, 0.3) is 0 Å². The number of likely N-dealkylation sites (tertiary alicyclic amines) is 1. The average molecular weight is 378 g/mol. The highest BCUT2D eigenvalue weighted by molar-refractivity contribution is 7.91. The summed E-state index contributed by atoms with van der Waals surface area (Å²) in [6.45, 7) is 4.17. The Morgan fingerprint density at radius 3 is 2.85 bits per heavy atom. The molecule has 0 spiro atoms. The molecule has 2 aromatic heterocycles. The molecule has 3 rings (SSSR count). The summed E-state index contributed by atoms with van der Waals surface area (Å²) in [6, 6.07) is 6.24. The second-order valence-corrected chi connectivity index (χ2v) is 8.64. The molecule has 3 heterocycles. The number of rotatable bonds is 8. The molecular formula is C18H26N4O3S. The highest BCUT2D eigenvalue weighted by Crippen LogP contribution is 2.32. The zero-order valence-corrected chi connectivity index (χ0v) is 16.2. The van der Waals surface area contributed by atoms with Crippen LogP contribution >= 0.6 is 0 Å². The van der Waals surface area contributed by atoms with E-state index in [2.05, 4.69) is 20.9 Å². The minimum absolute atomic E-state index is 0.0384. The molecule has 26 heavy (non-hydrogen) atoms. The number of pyridine rings is 1. The normalized spacial score (nSPS) is 18.5. The number of ether oxygens (including phenoxy) is 1. The lowest BCUT2D eigenvalue weighted by Gasteiger charge is -2.24. The van der Waals surface area contributed by atoms with E-state index < -0.39 is 9.84 Å². The van der Waals surface area contributed by atoms with E-state index in [1.54, 1.807) is 24.8 Å². The summed E-state index contributed by atoms with van der Waals surface area (Å²) in [5, 5.41) is 0.139. The summed E-state index contributed by atoms with van der Waals surface area (Å²) in [5.41, 5.74) is 1.96. The topological polar surface area (TPSA) is 77.3 Å². The van der Waals surface area contributed by atoms with E-state index in [-0.39, 0.29) is 17.0 Å². The SMILES string of the molecule is CCS(=O)(=O)c1ncc(CN2CCC[C@H]2c2ccccn2)n1CCOC. The molecule has 1 saturated heterocycles. The van der Waals surface area contributed by atoms with Gasteiger partial charge in [-0.15, -0.1) is 0 Å². The number of imidazole rings is 1. The first-order valence-electron chi connectivity index (χ1n) is 8.98. The zero-order chi connectivity index (χ0) is 18.6. The molecule has 0 aromatic carbocycles. The predicted octanol–water partition coefficient (Wildman–Crippen LogP) is 2.06. The van der Waals surface area contributed by atoms with Gasteiger partial charge < -0.3 is 9.30 Å². The van der Waals surface area contributed by atoms with Crippen LogP contribution in [0.15, 0.2) is 35.7 Å². The van der Waals surface area contributed by atoms with E-state index >= 15 is 0 Å². The maximum Gasteiger partial charge on any atom is 0.227 e. The van der Waals surface area contributed by atoms with Crippen LogP contribution < -0.4 is 0 Å². The van der Waals surface area contributed by atoms with Crippen LogP contribution in [0.1, 0.15) is 37.2 Å². The first-order chi connectivity index (χ1) is 12.6. The Hall–Kier alpha value is -1.77. The smallest absolute Gasteiger partial charge is 0.227 e. The lowest BCUT2D eigenvalue weighted by molar-refractivity contribution is 0.180. The average Bonchev–Trinajstić information content (AvgIpc) is 3.28. The molecule has 1 atom stereocenters. The molecule has 1 aliphatic heterocycles. The molecule has 0 radical (unpaired) electrons. The van der Waals surface area contributed by atoms with Crippen LogP contribution in [0, 0.1) is 0 Å². The highest BCUT2D eigenvalue weighted by atomic mass is 32.2. The van der Waals surface area contributed by atoms with Gasteiger partial charge in [-0.25, -0.2) is 13.4 Å². The first kappa shape index (κ1) is 19.0. The summed E-state index contributed by atoms with van der Waals surface area (Å²) in [7, 11) is -1.76. The van der Waals surface area contributed by atoms with E-state index in [0.717, 1.165) is 30.8 Å². The van der Waals surface area contributed by atoms with Crippen LogP contribution in [0.25, 0.3) is 0 Å². The van der Waals surface area contributed by atoms with Gasteiger partial charge in [0.1, 0.15) is 0 Å². The van der Waals surface area contributed by atoms with Crippen molar-refractivity contribution in [3.63, 3.8) is 0 Å². The Morgan fingerprint density at radius 1 is 1.31 bits per heavy atom. The number of nitrogens with zero attached hydrogens (tertiary/aromatic N) is 4. The Kier molecular flexibility index (Phi) is 6.05. The Labute approximate surface area is 154 Å². The number of hydrogen-bond acceptors (Lipinski definition) is 6. The highest BCUT2D eigenvalue weighted by Gasteiger charge is 2.29. The molecule has 142 valence electrons. The summed E-state index contributed by atoms with van der Waals surface area (Å²) in [5.74, 6) is 0.0384. The van der Waals surface area contributed by atoms with Crippen molar-refractivity contribution >= 4 is 9.84 Å². The largest absolute Gasteiger partial charge is 0.383 e. The number of sulfone groups is 1. The number of methoxy groups -OCH3 is 1. The monoisotopic (exact) mass is 378 g/mol. The van der Waals surface area contributed by atoms with Crippen molar-refractivity contribution in [3.8, 4) is 0 Å². The summed E-state index contributed by atoms with van der Waals surface area (Å²) in [6.07, 6.45) is 5.67. The Bertz CT molecular complexity index is 820. The van der Waals surface area contributed by atoms with Gasteiger partial charge in [0.15, 0.2) is 0 Å². The van der Waals surface area contributed by atoms with Gasteiger partial charge in [-0.1, -0.05) is 13.0 Å². The van der Waals surface area contributed by atoms with Crippen molar-refractivity contribution in [1.82, 2.24) is 19.4 Å². The third-order valence-electron chi connectivity index (χ3n) is 4.84. The quantitative estimate of drug-likeness (QED) is 0.700. The van der Waals surface area contributed by atoms with Crippen molar-refractivity contribution < 1.29 is 13.2 Å². The fourth-order valence-electron chi connectivity index (χ4n) is 3.45. The maximum absolute atomic E-state index is 12.4. The fourth-order valence-corrected chi connectivity index (χ4v) is 4.46. The second-order valence-electron chi connectivity index (χ2n) is 6.46. The van der Waals surface area contributed by atoms with Crippen LogP contribution in [0.5, 0.6) is 0 Å². The van der Waals surface area contributed by atoms with E-state index in [1.165, 1.54) is 0 Å². The van der Waals surface area contributed by atoms with Crippen molar-refractivity contribution in [2.45, 2.75) is 44.1 Å². The van der Waals surface area contributed by atoms with Gasteiger partial charge in [0, 0.05) is 26.4 Å². The van der Waals surface area contributed by atoms with Crippen molar-refractivity contribution in [3.05, 3.63) is 42.0 Å². The molecule has 1 aliphatic rings. The Balaban J connectivity index is 1.87. The molecular weight excluding hydrogens is 352 g/mol. The molecule has 7 nitrogen and oxygen atoms in total. The van der Waals surface area contributed by atoms with Crippen LogP contribution in [0.2, 0.25) is 0 Å². The maximum atomic E-state index is 12.4. The summed E-state index contributed by atoms with van der Waals surface area (Å²) >= 11 is 0. The lowest BCUT2D eigenvalue weighted by atomic mass is 10.1. The van der Waals surface area contributed by atoms with Gasteiger partial charge >= 0.3 is 0 Å². The van der Waals surface area contributed by atoms with E-state index in [4.69, 9.17) is 4.74 Å². The molecule has 0 aliphatic carbocycles. The minimum atomic E-state index is -3.37. The summed E-state index contributed by atoms with van der Waals surface area (Å²) in [4.78, 5) is 11.1. The molecule has 0 amide bonds. The third kappa shape index (κ3) is 3.97. The van der Waals surface area contributed by atoms with Gasteiger partial charge in [-0.05, 0) is 31.5 Å². The van der Waals surface area contributed by atoms with Crippen LogP contribution in [0.4, 0.5) is 0 Å². The van der Waals surface area contributed by atoms with Gasteiger partial charge in [0.2, 0.25) is 15.0 Å². The van der Waals surface area contributed by atoms with Crippen LogP contribution in [-0.4, -0.2) is 53.9 Å². The van der Waals surface area contributed by atoms with Crippen LogP contribution in [-0.2, 0) is 27.7 Å². The minimum Gasteiger partial charge on any atom is -0.383 e. The predicted molar refractivity (Wildman–Crippen MR) is 98.5 cm³/mol. The molecule has 0 saturated carbocycles. The zero-order valence-electron chi connectivity index (χ0n) is 15.3. The molecule has 0 bridgehead atoms. The van der Waals surface area contributed by atoms with E-state index in [0.29, 0.717) is 19.7 Å². The fraction of sp³-hybridized carbons (Fsp3) is 0.556. The molecule has 2 aromatic rings. The van der Waals surface area contributed by atoms with Crippen molar-refractivity contribution in [2.24, 2.45) is 0 Å². The molecule has 8 heteroatoms. The summed E-state index contributed by atoms with van der Waals surface area (Å²) < 4.78 is 31.7. The molecule has 1 fully saturated rings. The first-order valence-corrected chi connectivity index (χ1v) is 10.6. The number of aromatic nitrogens is 3. The van der Waals surface area contributed by atoms with Gasteiger partial charge in [-0.3, -0.25) is 9.88 Å². The van der Waals surface area contributed by atoms with E-state index in [1.807, 2.05) is 18.3 Å².